The second kappa shape index (κ2) is 15.2. The third-order valence-corrected chi connectivity index (χ3v) is 5.91. The summed E-state index contributed by atoms with van der Waals surface area (Å²) in [7, 11) is 3.86. The Hall–Kier alpha value is -0.650. The number of amides is 1. The van der Waals surface area contributed by atoms with Crippen molar-refractivity contribution < 1.29 is 9.53 Å². The molecule has 2 rings (SSSR count). The van der Waals surface area contributed by atoms with Gasteiger partial charge in [-0.1, -0.05) is 0 Å². The van der Waals surface area contributed by atoms with Gasteiger partial charge >= 0.3 is 0 Å². The molecule has 2 heterocycles. The number of hydrogen-bond acceptors (Lipinski definition) is 5. The number of likely N-dealkylation sites (tertiary alicyclic amines) is 1. The average molecular weight is 539 g/mol. The molecule has 176 valence electrons. The second-order valence-corrected chi connectivity index (χ2v) is 8.12. The van der Waals surface area contributed by atoms with E-state index in [1.165, 1.54) is 0 Å². The van der Waals surface area contributed by atoms with Crippen molar-refractivity contribution >= 4 is 35.8 Å². The van der Waals surface area contributed by atoms with Crippen LogP contribution in [0.25, 0.3) is 0 Å². The van der Waals surface area contributed by atoms with Crippen LogP contribution in [0.2, 0.25) is 0 Å². The molecular formula is C21H43IN6O2. The summed E-state index contributed by atoms with van der Waals surface area (Å²) >= 11 is 0. The summed E-state index contributed by atoms with van der Waals surface area (Å²) in [4.78, 5) is 26.5. The largest absolute Gasteiger partial charge is 0.383 e. The predicted octanol–water partition coefficient (Wildman–Crippen LogP) is 1.17. The third kappa shape index (κ3) is 8.84. The second-order valence-electron chi connectivity index (χ2n) is 8.12. The van der Waals surface area contributed by atoms with Gasteiger partial charge in [-0.05, 0) is 46.7 Å². The van der Waals surface area contributed by atoms with Gasteiger partial charge in [0.25, 0.3) is 0 Å². The number of halogens is 1. The van der Waals surface area contributed by atoms with Crippen molar-refractivity contribution in [3.63, 3.8) is 0 Å². The molecule has 2 aliphatic rings. The normalized spacial score (nSPS) is 19.2. The van der Waals surface area contributed by atoms with E-state index in [1.54, 1.807) is 7.11 Å². The molecule has 1 unspecified atom stereocenters. The number of ether oxygens (including phenoxy) is 1. The molecule has 0 aromatic carbocycles. The monoisotopic (exact) mass is 538 g/mol. The van der Waals surface area contributed by atoms with Crippen LogP contribution >= 0.6 is 24.0 Å². The number of nitrogens with zero attached hydrogens (tertiary/aromatic N) is 5. The molecule has 2 fully saturated rings. The molecular weight excluding hydrogens is 495 g/mol. The highest BCUT2D eigenvalue weighted by Crippen LogP contribution is 2.14. The van der Waals surface area contributed by atoms with Gasteiger partial charge in [-0.25, -0.2) is 0 Å². The van der Waals surface area contributed by atoms with E-state index in [0.29, 0.717) is 5.91 Å². The van der Waals surface area contributed by atoms with Gasteiger partial charge in [0.1, 0.15) is 0 Å². The van der Waals surface area contributed by atoms with Crippen LogP contribution < -0.4 is 5.32 Å². The van der Waals surface area contributed by atoms with Crippen molar-refractivity contribution in [3.8, 4) is 0 Å². The maximum Gasteiger partial charge on any atom is 0.239 e. The van der Waals surface area contributed by atoms with E-state index in [2.05, 4.69) is 40.9 Å². The van der Waals surface area contributed by atoms with Crippen LogP contribution in [0.5, 0.6) is 0 Å². The van der Waals surface area contributed by atoms with E-state index in [0.717, 1.165) is 97.3 Å². The van der Waals surface area contributed by atoms with Gasteiger partial charge < -0.3 is 24.8 Å². The molecule has 0 bridgehead atoms. The van der Waals surface area contributed by atoms with Crippen molar-refractivity contribution in [2.45, 2.75) is 39.2 Å². The minimum absolute atomic E-state index is 0. The van der Waals surface area contributed by atoms with Crippen molar-refractivity contribution in [2.75, 3.05) is 86.2 Å². The summed E-state index contributed by atoms with van der Waals surface area (Å²) in [5, 5.41) is 3.43. The number of methoxy groups -OCH3 is 1. The van der Waals surface area contributed by atoms with Crippen LogP contribution in [0.15, 0.2) is 4.99 Å². The number of rotatable bonds is 10. The lowest BCUT2D eigenvalue weighted by Gasteiger charge is -2.39. The fourth-order valence-corrected chi connectivity index (χ4v) is 3.99. The number of guanidine groups is 1. The number of carbonyl (C=O) groups excluding carboxylic acids is 1. The molecule has 0 saturated carbocycles. The highest BCUT2D eigenvalue weighted by Gasteiger charge is 2.30. The molecule has 9 heteroatoms. The zero-order valence-corrected chi connectivity index (χ0v) is 21.8. The van der Waals surface area contributed by atoms with Crippen molar-refractivity contribution in [3.05, 3.63) is 0 Å². The molecule has 0 spiro atoms. The van der Waals surface area contributed by atoms with Crippen LogP contribution in [-0.2, 0) is 9.53 Å². The fraction of sp³-hybridized carbons (Fsp3) is 0.905. The van der Waals surface area contributed by atoms with E-state index in [4.69, 9.17) is 9.73 Å². The lowest BCUT2D eigenvalue weighted by Crippen LogP contribution is -2.57. The maximum atomic E-state index is 12.7. The van der Waals surface area contributed by atoms with Crippen LogP contribution in [0.3, 0.4) is 0 Å². The number of aliphatic imine (C=N–C) groups is 1. The van der Waals surface area contributed by atoms with Gasteiger partial charge in [0.2, 0.25) is 5.91 Å². The summed E-state index contributed by atoms with van der Waals surface area (Å²) in [6.07, 6.45) is 3.34. The summed E-state index contributed by atoms with van der Waals surface area (Å²) in [5.41, 5.74) is 0. The highest BCUT2D eigenvalue weighted by atomic mass is 127. The Labute approximate surface area is 200 Å². The summed E-state index contributed by atoms with van der Waals surface area (Å²) in [6, 6.07) is -0.0163. The molecule has 1 amide bonds. The SMILES string of the molecule is CCNC(=NCCCN(C)CCOC)N1CCN(C(C)C(=O)N2CCCC2)CC1.I. The van der Waals surface area contributed by atoms with E-state index in [-0.39, 0.29) is 30.0 Å². The first kappa shape index (κ1) is 27.4. The topological polar surface area (TPSA) is 63.7 Å². The van der Waals surface area contributed by atoms with Crippen molar-refractivity contribution in [2.24, 2.45) is 4.99 Å². The Morgan fingerprint density at radius 2 is 1.77 bits per heavy atom. The Bertz CT molecular complexity index is 508. The molecule has 2 saturated heterocycles. The summed E-state index contributed by atoms with van der Waals surface area (Å²) < 4.78 is 5.12. The van der Waals surface area contributed by atoms with Gasteiger partial charge in [-0.15, -0.1) is 24.0 Å². The van der Waals surface area contributed by atoms with Crippen LogP contribution in [0.4, 0.5) is 0 Å². The molecule has 0 aliphatic carbocycles. The number of nitrogens with one attached hydrogen (secondary N) is 1. The third-order valence-electron chi connectivity index (χ3n) is 5.91. The van der Waals surface area contributed by atoms with Crippen LogP contribution in [-0.4, -0.2) is 124 Å². The Morgan fingerprint density at radius 1 is 1.10 bits per heavy atom. The Balaban J connectivity index is 0.00000450. The van der Waals surface area contributed by atoms with Gasteiger partial charge in [0.15, 0.2) is 5.96 Å². The van der Waals surface area contributed by atoms with Gasteiger partial charge in [-0.2, -0.15) is 0 Å². The van der Waals surface area contributed by atoms with E-state index >= 15 is 0 Å². The Morgan fingerprint density at radius 3 is 2.37 bits per heavy atom. The van der Waals surface area contributed by atoms with Crippen molar-refractivity contribution in [1.29, 1.82) is 0 Å². The van der Waals surface area contributed by atoms with Crippen molar-refractivity contribution in [1.82, 2.24) is 24.9 Å². The lowest BCUT2D eigenvalue weighted by molar-refractivity contribution is -0.135. The van der Waals surface area contributed by atoms with Gasteiger partial charge in [-0.3, -0.25) is 14.7 Å². The maximum absolute atomic E-state index is 12.7. The number of carbonyl (C=O) groups is 1. The van der Waals surface area contributed by atoms with E-state index in [9.17, 15) is 4.79 Å². The first-order valence-electron chi connectivity index (χ1n) is 11.3. The molecule has 1 atom stereocenters. The number of likely N-dealkylation sites (N-methyl/N-ethyl adjacent to an activating group) is 1. The number of hydrogen-bond donors (Lipinski definition) is 1. The molecule has 0 aromatic heterocycles. The summed E-state index contributed by atoms with van der Waals surface area (Å²) in [5.74, 6) is 1.30. The molecule has 30 heavy (non-hydrogen) atoms. The quantitative estimate of drug-likeness (QED) is 0.195. The minimum Gasteiger partial charge on any atom is -0.383 e. The minimum atomic E-state index is -0.0163. The molecule has 0 aromatic rings. The molecule has 1 N–H and O–H groups in total. The molecule has 2 aliphatic heterocycles. The van der Waals surface area contributed by atoms with Gasteiger partial charge in [0.05, 0.1) is 12.6 Å². The number of piperazine rings is 1. The van der Waals surface area contributed by atoms with E-state index < -0.39 is 0 Å². The Kier molecular flexibility index (Phi) is 13.9. The first-order chi connectivity index (χ1) is 14.1. The van der Waals surface area contributed by atoms with E-state index in [1.807, 2.05) is 4.90 Å². The zero-order chi connectivity index (χ0) is 21.1. The van der Waals surface area contributed by atoms with Crippen LogP contribution in [0, 0.1) is 0 Å². The van der Waals surface area contributed by atoms with Crippen LogP contribution in [0.1, 0.15) is 33.1 Å². The highest BCUT2D eigenvalue weighted by molar-refractivity contribution is 14.0. The zero-order valence-electron chi connectivity index (χ0n) is 19.4. The molecule has 8 nitrogen and oxygen atoms in total. The lowest BCUT2D eigenvalue weighted by atomic mass is 10.2. The average Bonchev–Trinajstić information content (AvgIpc) is 3.28. The standard InChI is InChI=1S/C21H42N6O2.HI/c1-5-22-21(23-9-8-10-24(3)17-18-29-4)27-15-13-25(14-16-27)19(2)20(28)26-11-6-7-12-26;/h19H,5-18H2,1-4H3,(H,22,23);1H. The smallest absolute Gasteiger partial charge is 0.239 e. The summed E-state index contributed by atoms with van der Waals surface area (Å²) in [6.45, 7) is 14.1. The fourth-order valence-electron chi connectivity index (χ4n) is 3.99. The molecule has 0 radical (unpaired) electrons. The first-order valence-corrected chi connectivity index (χ1v) is 11.3. The predicted molar refractivity (Wildman–Crippen MR) is 134 cm³/mol. The van der Waals surface area contributed by atoms with Gasteiger partial charge in [0, 0.05) is 66.0 Å².